The molecule has 0 spiro atoms. The largest absolute Gasteiger partial charge is 0.573 e. The lowest BCUT2D eigenvalue weighted by Crippen LogP contribution is -2.17. The maximum absolute atomic E-state index is 12.3. The van der Waals surface area contributed by atoms with Gasteiger partial charge in [0.15, 0.2) is 0 Å². The van der Waals surface area contributed by atoms with Crippen molar-refractivity contribution in [3.63, 3.8) is 0 Å². The highest BCUT2D eigenvalue weighted by Gasteiger charge is 2.31. The fourth-order valence-corrected chi connectivity index (χ4v) is 2.17. The van der Waals surface area contributed by atoms with E-state index in [1.165, 1.54) is 18.2 Å². The minimum absolute atomic E-state index is 0. The number of rotatable bonds is 4. The zero-order chi connectivity index (χ0) is 16.4. The van der Waals surface area contributed by atoms with E-state index in [1.54, 1.807) is 29.4 Å². The van der Waals surface area contributed by atoms with E-state index >= 15 is 0 Å². The van der Waals surface area contributed by atoms with E-state index < -0.39 is 6.36 Å². The lowest BCUT2D eigenvalue weighted by atomic mass is 10.3. The van der Waals surface area contributed by atoms with Crippen LogP contribution in [-0.2, 0) is 6.54 Å². The molecule has 0 atom stereocenters. The quantitative estimate of drug-likeness (QED) is 0.713. The van der Waals surface area contributed by atoms with Gasteiger partial charge < -0.3 is 13.9 Å². The maximum Gasteiger partial charge on any atom is 0.573 e. The average molecular weight is 359 g/mol. The number of hydrogen-bond donors (Lipinski definition) is 0. The van der Waals surface area contributed by atoms with Crippen molar-refractivity contribution in [2.45, 2.75) is 19.8 Å². The molecule has 0 radical (unpaired) electrons. The molecule has 3 aromatic rings. The number of aromatic nitrogens is 4. The highest BCUT2D eigenvalue weighted by molar-refractivity contribution is 5.85. The first-order valence-corrected chi connectivity index (χ1v) is 6.77. The fourth-order valence-electron chi connectivity index (χ4n) is 2.17. The number of halogens is 4. The molecule has 0 aliphatic heterocycles. The van der Waals surface area contributed by atoms with Gasteiger partial charge in [-0.25, -0.2) is 9.97 Å². The Morgan fingerprint density at radius 2 is 2.00 bits per heavy atom. The van der Waals surface area contributed by atoms with Gasteiger partial charge in [-0.05, 0) is 19.1 Å². The highest BCUT2D eigenvalue weighted by Crippen LogP contribution is 2.24. The maximum atomic E-state index is 12.3. The third kappa shape index (κ3) is 4.29. The third-order valence-electron chi connectivity index (χ3n) is 3.24. The molecule has 0 unspecified atom stereocenters. The van der Waals surface area contributed by atoms with Crippen LogP contribution in [0.3, 0.4) is 0 Å². The molecule has 2 aromatic heterocycles. The summed E-state index contributed by atoms with van der Waals surface area (Å²) in [6.45, 7) is 2.42. The van der Waals surface area contributed by atoms with Crippen LogP contribution in [0, 0.1) is 6.92 Å². The van der Waals surface area contributed by atoms with Gasteiger partial charge in [0.05, 0.1) is 24.3 Å². The van der Waals surface area contributed by atoms with Crippen molar-refractivity contribution in [1.29, 1.82) is 0 Å². The van der Waals surface area contributed by atoms with E-state index in [0.717, 1.165) is 11.5 Å². The normalized spacial score (nSPS) is 11.2. The van der Waals surface area contributed by atoms with Gasteiger partial charge in [0, 0.05) is 24.7 Å². The van der Waals surface area contributed by atoms with Crippen molar-refractivity contribution in [2.24, 2.45) is 0 Å². The van der Waals surface area contributed by atoms with Crippen LogP contribution in [0.4, 0.5) is 13.2 Å². The topological polar surface area (TPSA) is 44.9 Å². The van der Waals surface area contributed by atoms with Crippen LogP contribution in [0.1, 0.15) is 11.5 Å². The first kappa shape index (κ1) is 17.9. The molecule has 0 N–H and O–H groups in total. The molecule has 0 aliphatic carbocycles. The second-order valence-corrected chi connectivity index (χ2v) is 4.92. The van der Waals surface area contributed by atoms with E-state index in [2.05, 4.69) is 14.7 Å². The molecular weight excluding hydrogens is 345 g/mol. The number of imidazole rings is 2. The Labute approximate surface area is 142 Å². The molecule has 9 heteroatoms. The Hall–Kier alpha value is -2.48. The van der Waals surface area contributed by atoms with Gasteiger partial charge in [-0.2, -0.15) is 0 Å². The minimum Gasteiger partial charge on any atom is -0.406 e. The molecule has 3 rings (SSSR count). The van der Waals surface area contributed by atoms with Crippen LogP contribution < -0.4 is 4.74 Å². The smallest absolute Gasteiger partial charge is 0.406 e. The standard InChI is InChI=1S/C15H13F3N4O.ClH/c1-11-19-5-6-21(11)8-12-9-22(10-20-12)13-3-2-4-14(7-13)23-15(16,17)18;/h2-7,9-10H,8H2,1H3;1H. The second-order valence-electron chi connectivity index (χ2n) is 4.92. The molecule has 0 aliphatic rings. The lowest BCUT2D eigenvalue weighted by Gasteiger charge is -2.10. The van der Waals surface area contributed by atoms with Crippen LogP contribution in [0.25, 0.3) is 5.69 Å². The van der Waals surface area contributed by atoms with Crippen LogP contribution in [-0.4, -0.2) is 25.5 Å². The van der Waals surface area contributed by atoms with Gasteiger partial charge >= 0.3 is 6.36 Å². The summed E-state index contributed by atoms with van der Waals surface area (Å²) in [5, 5.41) is 0. The Morgan fingerprint density at radius 3 is 2.67 bits per heavy atom. The number of alkyl halides is 3. The lowest BCUT2D eigenvalue weighted by molar-refractivity contribution is -0.274. The van der Waals surface area contributed by atoms with Crippen LogP contribution in [0.2, 0.25) is 0 Å². The monoisotopic (exact) mass is 358 g/mol. The highest BCUT2D eigenvalue weighted by atomic mass is 35.5. The summed E-state index contributed by atoms with van der Waals surface area (Å²) in [7, 11) is 0. The zero-order valence-corrected chi connectivity index (χ0v) is 13.4. The average Bonchev–Trinajstić information content (AvgIpc) is 3.08. The summed E-state index contributed by atoms with van der Waals surface area (Å²) in [5.74, 6) is 0.593. The molecule has 1 aromatic carbocycles. The Kier molecular flexibility index (Phi) is 5.18. The van der Waals surface area contributed by atoms with Gasteiger partial charge in [-0.3, -0.25) is 0 Å². The molecule has 2 heterocycles. The summed E-state index contributed by atoms with van der Waals surface area (Å²) in [4.78, 5) is 8.39. The summed E-state index contributed by atoms with van der Waals surface area (Å²) in [6.07, 6.45) is 2.13. The summed E-state index contributed by atoms with van der Waals surface area (Å²) < 4.78 is 44.3. The van der Waals surface area contributed by atoms with Gasteiger partial charge in [-0.15, -0.1) is 25.6 Å². The molecule has 5 nitrogen and oxygen atoms in total. The van der Waals surface area contributed by atoms with Gasteiger partial charge in [0.1, 0.15) is 11.6 Å². The van der Waals surface area contributed by atoms with Crippen molar-refractivity contribution in [3.05, 3.63) is 60.7 Å². The predicted octanol–water partition coefficient (Wildman–Crippen LogP) is 3.75. The SMILES string of the molecule is Cc1nccn1Cc1cn(-c2cccc(OC(F)(F)F)c2)cn1.Cl. The van der Waals surface area contributed by atoms with Crippen molar-refractivity contribution in [2.75, 3.05) is 0 Å². The number of ether oxygens (including phenoxy) is 1. The van der Waals surface area contributed by atoms with E-state index in [1.807, 2.05) is 17.7 Å². The van der Waals surface area contributed by atoms with E-state index in [9.17, 15) is 13.2 Å². The number of benzene rings is 1. The first-order chi connectivity index (χ1) is 10.9. The number of nitrogens with zero attached hydrogens (tertiary/aromatic N) is 4. The Morgan fingerprint density at radius 1 is 1.21 bits per heavy atom. The first-order valence-electron chi connectivity index (χ1n) is 6.77. The van der Waals surface area contributed by atoms with Gasteiger partial charge in [0.25, 0.3) is 0 Å². The Balaban J connectivity index is 0.00000208. The van der Waals surface area contributed by atoms with Gasteiger partial charge in [0.2, 0.25) is 0 Å². The number of aryl methyl sites for hydroxylation is 1. The molecule has 0 saturated heterocycles. The molecule has 0 fully saturated rings. The van der Waals surface area contributed by atoms with E-state index in [4.69, 9.17) is 0 Å². The molecule has 24 heavy (non-hydrogen) atoms. The summed E-state index contributed by atoms with van der Waals surface area (Å²) >= 11 is 0. The summed E-state index contributed by atoms with van der Waals surface area (Å²) in [5.41, 5.74) is 1.31. The zero-order valence-electron chi connectivity index (χ0n) is 12.6. The van der Waals surface area contributed by atoms with Crippen molar-refractivity contribution < 1.29 is 17.9 Å². The van der Waals surface area contributed by atoms with Crippen molar-refractivity contribution in [3.8, 4) is 11.4 Å². The third-order valence-corrected chi connectivity index (χ3v) is 3.24. The van der Waals surface area contributed by atoms with E-state index in [-0.39, 0.29) is 18.2 Å². The number of hydrogen-bond acceptors (Lipinski definition) is 3. The van der Waals surface area contributed by atoms with Gasteiger partial charge in [-0.1, -0.05) is 6.07 Å². The van der Waals surface area contributed by atoms with Crippen molar-refractivity contribution >= 4 is 12.4 Å². The van der Waals surface area contributed by atoms with Crippen LogP contribution in [0.15, 0.2) is 49.2 Å². The van der Waals surface area contributed by atoms with E-state index in [0.29, 0.717) is 12.2 Å². The summed E-state index contributed by atoms with van der Waals surface area (Å²) in [6, 6.07) is 5.73. The molecule has 0 bridgehead atoms. The Bertz CT molecular complexity index is 813. The molecule has 0 amide bonds. The van der Waals surface area contributed by atoms with Crippen LogP contribution in [0.5, 0.6) is 5.75 Å². The predicted molar refractivity (Wildman–Crippen MR) is 83.6 cm³/mol. The molecule has 128 valence electrons. The molecular formula is C15H14ClF3N4O. The fraction of sp³-hybridized carbons (Fsp3) is 0.200. The minimum atomic E-state index is -4.71. The van der Waals surface area contributed by atoms with Crippen LogP contribution >= 0.6 is 12.4 Å². The van der Waals surface area contributed by atoms with Crippen molar-refractivity contribution in [1.82, 2.24) is 19.1 Å². The second kappa shape index (κ2) is 6.96. The molecule has 0 saturated carbocycles.